The van der Waals surface area contributed by atoms with E-state index in [2.05, 4.69) is 10.0 Å². The van der Waals surface area contributed by atoms with Gasteiger partial charge in [-0.2, -0.15) is 4.57 Å². The van der Waals surface area contributed by atoms with E-state index in [9.17, 15) is 22.8 Å². The zero-order valence-electron chi connectivity index (χ0n) is 22.6. The van der Waals surface area contributed by atoms with Gasteiger partial charge in [-0.15, -0.1) is 0 Å². The molecule has 0 spiro atoms. The number of aromatic nitrogens is 1. The third-order valence-electron chi connectivity index (χ3n) is 6.62. The fourth-order valence-corrected chi connectivity index (χ4v) is 5.61. The molecule has 3 aromatic carbocycles. The van der Waals surface area contributed by atoms with Gasteiger partial charge in [-0.3, -0.25) is 19.1 Å². The lowest BCUT2D eigenvalue weighted by molar-refractivity contribution is -0.577. The number of ketones is 2. The molecule has 0 saturated carbocycles. The fraction of sp³-hybridized carbons (Fsp3) is 0.0968. The molecular formula is C31H27N4O5S+. The van der Waals surface area contributed by atoms with Gasteiger partial charge < -0.3 is 10.2 Å². The van der Waals surface area contributed by atoms with E-state index in [0.717, 1.165) is 16.8 Å². The van der Waals surface area contributed by atoms with E-state index in [4.69, 9.17) is 0 Å². The number of hydrogen-bond acceptors (Lipinski definition) is 6. The van der Waals surface area contributed by atoms with Gasteiger partial charge in [-0.05, 0) is 47.5 Å². The van der Waals surface area contributed by atoms with Crippen LogP contribution >= 0.6 is 0 Å². The number of Topliss-reactive ketones (excluding diaryl/α,β-unsaturated/α-hetero) is 2. The van der Waals surface area contributed by atoms with E-state index < -0.39 is 21.6 Å². The average molecular weight is 568 g/mol. The maximum absolute atomic E-state index is 13.7. The first kappa shape index (κ1) is 27.5. The summed E-state index contributed by atoms with van der Waals surface area (Å²) in [6.07, 6.45) is 3.25. The highest BCUT2D eigenvalue weighted by atomic mass is 32.2. The quantitative estimate of drug-likeness (QED) is 0.328. The molecule has 0 bridgehead atoms. The molecule has 1 aliphatic carbocycles. The number of nitrogens with one attached hydrogen (secondary N) is 2. The molecule has 0 unspecified atom stereocenters. The standard InChI is InChI=1S/C31H26N4O5S/c1-20(36)32-23-10-14-25(15-11-23)41(39,40)33-28-29(31(38)27-7-5-4-6-26(27)30(28)37)35-18-16-22(17-19-35)21-8-12-24(13-9-21)34(2)3/h4-19H,1-3H3,(H-,32,33,36,38)/p+1. The lowest BCUT2D eigenvalue weighted by atomic mass is 9.90. The fourth-order valence-electron chi connectivity index (χ4n) is 4.54. The van der Waals surface area contributed by atoms with Crippen molar-refractivity contribution in [1.82, 2.24) is 4.72 Å². The van der Waals surface area contributed by atoms with Crippen LogP contribution in [0, 0.1) is 0 Å². The first-order chi connectivity index (χ1) is 19.5. The van der Waals surface area contributed by atoms with Gasteiger partial charge in [0.25, 0.3) is 21.5 Å². The van der Waals surface area contributed by atoms with E-state index in [0.29, 0.717) is 5.69 Å². The van der Waals surface area contributed by atoms with Crippen LogP contribution in [0.25, 0.3) is 16.8 Å². The summed E-state index contributed by atoms with van der Waals surface area (Å²) in [6.45, 7) is 1.34. The van der Waals surface area contributed by atoms with Crippen LogP contribution in [0.15, 0.2) is 108 Å². The first-order valence-corrected chi connectivity index (χ1v) is 14.2. The number of carbonyl (C=O) groups is 3. The van der Waals surface area contributed by atoms with Crippen LogP contribution in [0.4, 0.5) is 11.4 Å². The molecule has 0 saturated heterocycles. The number of pyridine rings is 1. The number of amides is 1. The van der Waals surface area contributed by atoms with Gasteiger partial charge in [0.05, 0.1) is 4.90 Å². The second-order valence-corrected chi connectivity index (χ2v) is 11.4. The Morgan fingerprint density at radius 2 is 1.32 bits per heavy atom. The van der Waals surface area contributed by atoms with Crippen molar-refractivity contribution in [3.63, 3.8) is 0 Å². The zero-order valence-corrected chi connectivity index (χ0v) is 23.4. The molecule has 0 fully saturated rings. The van der Waals surface area contributed by atoms with Gasteiger partial charge >= 0.3 is 0 Å². The molecule has 0 radical (unpaired) electrons. The van der Waals surface area contributed by atoms with Crippen molar-refractivity contribution in [3.05, 3.63) is 114 Å². The van der Waals surface area contributed by atoms with Crippen molar-refractivity contribution < 1.29 is 27.4 Å². The second-order valence-electron chi connectivity index (χ2n) is 9.67. The minimum Gasteiger partial charge on any atom is -0.378 e. The minimum absolute atomic E-state index is 0.109. The summed E-state index contributed by atoms with van der Waals surface area (Å²) in [6, 6.07) is 23.3. The van der Waals surface area contributed by atoms with Crippen molar-refractivity contribution in [2.45, 2.75) is 11.8 Å². The third-order valence-corrected chi connectivity index (χ3v) is 7.99. The normalized spacial score (nSPS) is 13.0. The van der Waals surface area contributed by atoms with Crippen LogP contribution in [-0.4, -0.2) is 40.0 Å². The maximum Gasteiger partial charge on any atom is 0.287 e. The Bertz CT molecular complexity index is 1810. The number of rotatable bonds is 7. The summed E-state index contributed by atoms with van der Waals surface area (Å²) < 4.78 is 30.6. The Kier molecular flexibility index (Phi) is 7.25. The molecule has 0 atom stereocenters. The number of benzene rings is 3. The van der Waals surface area contributed by atoms with Gasteiger partial charge in [-0.25, -0.2) is 8.42 Å². The Morgan fingerprint density at radius 3 is 1.88 bits per heavy atom. The van der Waals surface area contributed by atoms with Crippen molar-refractivity contribution in [2.75, 3.05) is 24.3 Å². The molecule has 1 aliphatic rings. The lowest BCUT2D eigenvalue weighted by Gasteiger charge is -2.18. The smallest absolute Gasteiger partial charge is 0.287 e. The molecule has 0 aliphatic heterocycles. The third kappa shape index (κ3) is 5.50. The van der Waals surface area contributed by atoms with E-state index in [1.54, 1.807) is 42.7 Å². The number of anilines is 2. The molecule has 9 nitrogen and oxygen atoms in total. The Hall–Kier alpha value is -5.09. The van der Waals surface area contributed by atoms with Gasteiger partial charge in [0.2, 0.25) is 11.7 Å². The lowest BCUT2D eigenvalue weighted by Crippen LogP contribution is -2.44. The molecule has 41 heavy (non-hydrogen) atoms. The van der Waals surface area contributed by atoms with Crippen LogP contribution in [0.2, 0.25) is 0 Å². The topological polar surface area (TPSA) is 117 Å². The zero-order chi connectivity index (χ0) is 29.3. The van der Waals surface area contributed by atoms with Gasteiger partial charge in [0, 0.05) is 55.7 Å². The van der Waals surface area contributed by atoms with Gasteiger partial charge in [-0.1, -0.05) is 36.4 Å². The average Bonchev–Trinajstić information content (AvgIpc) is 2.96. The molecular weight excluding hydrogens is 540 g/mol. The highest BCUT2D eigenvalue weighted by molar-refractivity contribution is 7.89. The summed E-state index contributed by atoms with van der Waals surface area (Å²) in [5, 5.41) is 2.57. The Labute approximate surface area is 237 Å². The SMILES string of the molecule is CC(=O)Nc1ccc(S(=O)(=O)NC2=C([n+]3ccc(-c4ccc(N(C)C)cc4)cc3)C(=O)c3ccccc3C2=O)cc1. The Morgan fingerprint density at radius 1 is 0.756 bits per heavy atom. The van der Waals surface area contributed by atoms with Gasteiger partial charge in [0.1, 0.15) is 0 Å². The number of hydrogen-bond donors (Lipinski definition) is 2. The molecule has 206 valence electrons. The van der Waals surface area contributed by atoms with Crippen LogP contribution in [-0.2, 0) is 14.8 Å². The Balaban J connectivity index is 1.56. The predicted molar refractivity (Wildman–Crippen MR) is 156 cm³/mol. The van der Waals surface area contributed by atoms with Gasteiger partial charge in [0.15, 0.2) is 18.1 Å². The second kappa shape index (κ2) is 10.8. The summed E-state index contributed by atoms with van der Waals surface area (Å²) in [5.74, 6) is -1.41. The molecule has 1 aromatic heterocycles. The summed E-state index contributed by atoms with van der Waals surface area (Å²) >= 11 is 0. The molecule has 2 N–H and O–H groups in total. The van der Waals surface area contributed by atoms with Crippen LogP contribution in [0.1, 0.15) is 27.6 Å². The summed E-state index contributed by atoms with van der Waals surface area (Å²) in [7, 11) is -0.359. The number of carbonyl (C=O) groups excluding carboxylic acids is 3. The molecule has 4 aromatic rings. The molecule has 10 heteroatoms. The summed E-state index contributed by atoms with van der Waals surface area (Å²) in [5.41, 5.74) is 3.14. The molecule has 1 heterocycles. The van der Waals surface area contributed by atoms with E-state index in [1.165, 1.54) is 41.8 Å². The number of nitrogens with zero attached hydrogens (tertiary/aromatic N) is 2. The molecule has 5 rings (SSSR count). The van der Waals surface area contributed by atoms with E-state index in [1.807, 2.05) is 43.3 Å². The van der Waals surface area contributed by atoms with Crippen molar-refractivity contribution in [2.24, 2.45) is 0 Å². The predicted octanol–water partition coefficient (Wildman–Crippen LogP) is 3.89. The molecule has 1 amide bonds. The monoisotopic (exact) mass is 567 g/mol. The van der Waals surface area contributed by atoms with Crippen molar-refractivity contribution in [1.29, 1.82) is 0 Å². The highest BCUT2D eigenvalue weighted by Gasteiger charge is 2.40. The number of fused-ring (bicyclic) bond motifs is 1. The number of allylic oxidation sites excluding steroid dienone is 2. The number of sulfonamides is 1. The van der Waals surface area contributed by atoms with E-state index >= 15 is 0 Å². The summed E-state index contributed by atoms with van der Waals surface area (Å²) in [4.78, 5) is 40.5. The van der Waals surface area contributed by atoms with Crippen LogP contribution in [0.5, 0.6) is 0 Å². The minimum atomic E-state index is -4.28. The maximum atomic E-state index is 13.7. The largest absolute Gasteiger partial charge is 0.378 e. The van der Waals surface area contributed by atoms with Crippen LogP contribution in [0.3, 0.4) is 0 Å². The van der Waals surface area contributed by atoms with Crippen molar-refractivity contribution in [3.8, 4) is 11.1 Å². The van der Waals surface area contributed by atoms with E-state index in [-0.39, 0.29) is 33.3 Å². The highest BCUT2D eigenvalue weighted by Crippen LogP contribution is 2.28. The first-order valence-electron chi connectivity index (χ1n) is 12.7. The van der Waals surface area contributed by atoms with Crippen molar-refractivity contribution >= 4 is 44.6 Å². The van der Waals surface area contributed by atoms with Crippen LogP contribution < -0.4 is 19.5 Å².